The van der Waals surface area contributed by atoms with Crippen molar-refractivity contribution in [1.82, 2.24) is 29.9 Å². The molecule has 1 N–H and O–H groups in total. The minimum atomic E-state index is -0.0103. The molecule has 0 radical (unpaired) electrons. The summed E-state index contributed by atoms with van der Waals surface area (Å²) in [5, 5.41) is 6.96. The summed E-state index contributed by atoms with van der Waals surface area (Å²) in [5.74, 6) is 0.671. The summed E-state index contributed by atoms with van der Waals surface area (Å²) in [6.45, 7) is 2.80. The lowest BCUT2D eigenvalue weighted by atomic mass is 10.0. The van der Waals surface area contributed by atoms with Gasteiger partial charge in [-0.2, -0.15) is 5.10 Å². The van der Waals surface area contributed by atoms with Crippen LogP contribution in [-0.2, 0) is 0 Å². The van der Waals surface area contributed by atoms with E-state index < -0.39 is 0 Å². The van der Waals surface area contributed by atoms with Gasteiger partial charge in [0.05, 0.1) is 5.56 Å². The Morgan fingerprint density at radius 2 is 2.04 bits per heavy atom. The first-order valence-electron chi connectivity index (χ1n) is 8.52. The third kappa shape index (κ3) is 3.07. The van der Waals surface area contributed by atoms with Gasteiger partial charge in [-0.1, -0.05) is 0 Å². The van der Waals surface area contributed by atoms with Crippen molar-refractivity contribution in [2.75, 3.05) is 26.2 Å². The molecule has 0 spiro atoms. The number of hydrogen-bond acceptors (Lipinski definition) is 4. The number of hydrogen-bond donors (Lipinski definition) is 1. The van der Waals surface area contributed by atoms with Gasteiger partial charge >= 0.3 is 6.03 Å². The predicted molar refractivity (Wildman–Crippen MR) is 90.4 cm³/mol. The first-order valence-corrected chi connectivity index (χ1v) is 8.52. The standard InChI is InChI=1S/C17H20N6O2/c24-16(13-2-3-15(19-12-13)23-8-1-6-20-23)21-9-4-14(5-10-21)22-11-7-18-17(22)25/h1-3,6,8,12,14H,4-5,7,9-11H2,(H,18,25). The number of rotatable bonds is 3. The Kier molecular flexibility index (Phi) is 4.09. The maximum atomic E-state index is 12.7. The Balaban J connectivity index is 1.38. The van der Waals surface area contributed by atoms with E-state index in [1.165, 1.54) is 0 Å². The first-order chi connectivity index (χ1) is 12.2. The summed E-state index contributed by atoms with van der Waals surface area (Å²) in [7, 11) is 0. The van der Waals surface area contributed by atoms with E-state index >= 15 is 0 Å². The van der Waals surface area contributed by atoms with E-state index in [4.69, 9.17) is 0 Å². The molecule has 8 nitrogen and oxygen atoms in total. The van der Waals surface area contributed by atoms with Crippen LogP contribution in [0.25, 0.3) is 5.82 Å². The molecule has 2 aromatic heterocycles. The maximum absolute atomic E-state index is 12.7. The molecule has 25 heavy (non-hydrogen) atoms. The van der Waals surface area contributed by atoms with Gasteiger partial charge in [-0.05, 0) is 31.0 Å². The van der Waals surface area contributed by atoms with Crippen LogP contribution in [0.3, 0.4) is 0 Å². The molecule has 0 unspecified atom stereocenters. The van der Waals surface area contributed by atoms with E-state index in [-0.39, 0.29) is 18.0 Å². The predicted octanol–water partition coefficient (Wildman–Crippen LogP) is 0.897. The molecule has 0 aliphatic carbocycles. The highest BCUT2D eigenvalue weighted by atomic mass is 16.2. The highest BCUT2D eigenvalue weighted by molar-refractivity contribution is 5.94. The van der Waals surface area contributed by atoms with Crippen molar-refractivity contribution < 1.29 is 9.59 Å². The molecule has 8 heteroatoms. The van der Waals surface area contributed by atoms with Crippen molar-refractivity contribution in [3.63, 3.8) is 0 Å². The van der Waals surface area contributed by atoms with Gasteiger partial charge in [-0.15, -0.1) is 0 Å². The number of piperidine rings is 1. The van der Waals surface area contributed by atoms with Gasteiger partial charge in [0, 0.05) is 50.8 Å². The summed E-state index contributed by atoms with van der Waals surface area (Å²) in [6.07, 6.45) is 6.73. The molecular weight excluding hydrogens is 320 g/mol. The normalized spacial score (nSPS) is 18.5. The van der Waals surface area contributed by atoms with Crippen LogP contribution in [0.1, 0.15) is 23.2 Å². The average molecular weight is 340 g/mol. The SMILES string of the molecule is O=C(c1ccc(-n2cccn2)nc1)N1CCC(N2CCNC2=O)CC1. The fourth-order valence-corrected chi connectivity index (χ4v) is 3.45. The van der Waals surface area contributed by atoms with Gasteiger partial charge in [0.2, 0.25) is 0 Å². The monoisotopic (exact) mass is 340 g/mol. The van der Waals surface area contributed by atoms with Crippen LogP contribution in [0, 0.1) is 0 Å². The first kappa shape index (κ1) is 15.6. The molecule has 4 rings (SSSR count). The smallest absolute Gasteiger partial charge is 0.317 e. The Morgan fingerprint density at radius 1 is 1.20 bits per heavy atom. The van der Waals surface area contributed by atoms with Crippen molar-refractivity contribution in [3.8, 4) is 5.82 Å². The van der Waals surface area contributed by atoms with Crippen LogP contribution in [0.15, 0.2) is 36.8 Å². The molecular formula is C17H20N6O2. The van der Waals surface area contributed by atoms with Crippen molar-refractivity contribution in [2.45, 2.75) is 18.9 Å². The minimum Gasteiger partial charge on any atom is -0.338 e. The summed E-state index contributed by atoms with van der Waals surface area (Å²) < 4.78 is 1.65. The van der Waals surface area contributed by atoms with Crippen molar-refractivity contribution in [3.05, 3.63) is 42.4 Å². The molecule has 2 aromatic rings. The van der Waals surface area contributed by atoms with Gasteiger partial charge in [0.15, 0.2) is 5.82 Å². The number of likely N-dealkylation sites (tertiary alicyclic amines) is 1. The Labute approximate surface area is 145 Å². The summed E-state index contributed by atoms with van der Waals surface area (Å²) >= 11 is 0. The minimum absolute atomic E-state index is 0.0103. The summed E-state index contributed by atoms with van der Waals surface area (Å²) in [4.78, 5) is 32.5. The lowest BCUT2D eigenvalue weighted by Crippen LogP contribution is -2.47. The van der Waals surface area contributed by atoms with Gasteiger partial charge in [-0.3, -0.25) is 4.79 Å². The topological polar surface area (TPSA) is 83.4 Å². The number of carbonyl (C=O) groups excluding carboxylic acids is 2. The number of amides is 3. The average Bonchev–Trinajstić information content (AvgIpc) is 3.33. The molecule has 2 aliphatic heterocycles. The third-order valence-corrected chi connectivity index (χ3v) is 4.82. The van der Waals surface area contributed by atoms with Gasteiger partial charge < -0.3 is 15.1 Å². The van der Waals surface area contributed by atoms with Crippen LogP contribution in [0.4, 0.5) is 4.79 Å². The van der Waals surface area contributed by atoms with E-state index in [2.05, 4.69) is 15.4 Å². The molecule has 4 heterocycles. The van der Waals surface area contributed by atoms with Crippen molar-refractivity contribution in [1.29, 1.82) is 0 Å². The number of nitrogens with zero attached hydrogens (tertiary/aromatic N) is 5. The van der Waals surface area contributed by atoms with Crippen molar-refractivity contribution in [2.24, 2.45) is 0 Å². The van der Waals surface area contributed by atoms with Gasteiger partial charge in [-0.25, -0.2) is 14.5 Å². The number of aromatic nitrogens is 3. The Hall–Kier alpha value is -2.90. The number of urea groups is 1. The highest BCUT2D eigenvalue weighted by Crippen LogP contribution is 2.20. The highest BCUT2D eigenvalue weighted by Gasteiger charge is 2.32. The zero-order chi connectivity index (χ0) is 17.2. The van der Waals surface area contributed by atoms with E-state index in [0.717, 1.165) is 19.4 Å². The summed E-state index contributed by atoms with van der Waals surface area (Å²) in [5.41, 5.74) is 0.577. The van der Waals surface area contributed by atoms with Crippen LogP contribution in [0.5, 0.6) is 0 Å². The lowest BCUT2D eigenvalue weighted by Gasteiger charge is -2.36. The van der Waals surface area contributed by atoms with Crippen LogP contribution < -0.4 is 5.32 Å². The van der Waals surface area contributed by atoms with E-state index in [0.29, 0.717) is 31.0 Å². The molecule has 2 aliphatic rings. The Bertz CT molecular complexity index is 750. The van der Waals surface area contributed by atoms with Crippen molar-refractivity contribution >= 4 is 11.9 Å². The van der Waals surface area contributed by atoms with Crippen LogP contribution >= 0.6 is 0 Å². The Morgan fingerprint density at radius 3 is 2.64 bits per heavy atom. The molecule has 2 fully saturated rings. The van der Waals surface area contributed by atoms with E-state index in [9.17, 15) is 9.59 Å². The second-order valence-corrected chi connectivity index (χ2v) is 6.30. The molecule has 2 saturated heterocycles. The zero-order valence-electron chi connectivity index (χ0n) is 13.8. The second-order valence-electron chi connectivity index (χ2n) is 6.30. The molecule has 0 atom stereocenters. The maximum Gasteiger partial charge on any atom is 0.317 e. The number of carbonyl (C=O) groups is 2. The molecule has 3 amide bonds. The third-order valence-electron chi connectivity index (χ3n) is 4.82. The van der Waals surface area contributed by atoms with E-state index in [1.807, 2.05) is 22.1 Å². The second kappa shape index (κ2) is 6.54. The van der Waals surface area contributed by atoms with Crippen LogP contribution in [-0.4, -0.2) is 68.7 Å². The molecule has 130 valence electrons. The largest absolute Gasteiger partial charge is 0.338 e. The van der Waals surface area contributed by atoms with E-state index in [1.54, 1.807) is 29.2 Å². The summed E-state index contributed by atoms with van der Waals surface area (Å²) in [6, 6.07) is 5.65. The zero-order valence-corrected chi connectivity index (χ0v) is 13.8. The molecule has 0 aromatic carbocycles. The number of nitrogens with one attached hydrogen (secondary N) is 1. The lowest BCUT2D eigenvalue weighted by molar-refractivity contribution is 0.0665. The number of pyridine rings is 1. The quantitative estimate of drug-likeness (QED) is 0.900. The fourth-order valence-electron chi connectivity index (χ4n) is 3.45. The molecule has 0 bridgehead atoms. The molecule has 0 saturated carbocycles. The van der Waals surface area contributed by atoms with Gasteiger partial charge in [0.1, 0.15) is 0 Å². The van der Waals surface area contributed by atoms with Crippen LogP contribution in [0.2, 0.25) is 0 Å². The van der Waals surface area contributed by atoms with Gasteiger partial charge in [0.25, 0.3) is 5.91 Å². The fraction of sp³-hybridized carbons (Fsp3) is 0.412.